The van der Waals surface area contributed by atoms with Crippen LogP contribution in [0.2, 0.25) is 0 Å². The molecule has 0 amide bonds. The molecule has 0 atom stereocenters. The van der Waals surface area contributed by atoms with Crippen molar-refractivity contribution in [2.24, 2.45) is 0 Å². The third-order valence-corrected chi connectivity index (χ3v) is 6.16. The first-order valence-corrected chi connectivity index (χ1v) is 10.4. The Hall–Kier alpha value is -2.52. The zero-order chi connectivity index (χ0) is 17.3. The van der Waals surface area contributed by atoms with E-state index in [4.69, 9.17) is 0 Å². The van der Waals surface area contributed by atoms with Gasteiger partial charge in [0.1, 0.15) is 0 Å². The summed E-state index contributed by atoms with van der Waals surface area (Å²) >= 11 is 0.349. The molecule has 0 aliphatic heterocycles. The van der Waals surface area contributed by atoms with Crippen LogP contribution >= 0.6 is 0 Å². The standard InChI is InChI=1S/C24H20Se/c1-20-15-17-22(18-16-20)19-25-24(23-12-6-3-7-13-23)14-8-11-21-9-4-2-5-10-21/h2-7,9-10,12-18H,19H2,1H3/b24-14-. The predicted octanol–water partition coefficient (Wildman–Crippen LogP) is 5.29. The Morgan fingerprint density at radius 1 is 0.840 bits per heavy atom. The Morgan fingerprint density at radius 3 is 2.16 bits per heavy atom. The molecule has 0 fully saturated rings. The molecule has 0 unspecified atom stereocenters. The van der Waals surface area contributed by atoms with Gasteiger partial charge in [-0.05, 0) is 0 Å². The fourth-order valence-corrected chi connectivity index (χ4v) is 4.38. The maximum absolute atomic E-state index is 3.25. The molecule has 0 nitrogen and oxygen atoms in total. The molecule has 0 heterocycles. The monoisotopic (exact) mass is 388 g/mol. The van der Waals surface area contributed by atoms with E-state index in [9.17, 15) is 0 Å². The molecule has 3 aromatic carbocycles. The Labute approximate surface area is 156 Å². The van der Waals surface area contributed by atoms with Gasteiger partial charge in [0.15, 0.2) is 0 Å². The zero-order valence-corrected chi connectivity index (χ0v) is 16.0. The van der Waals surface area contributed by atoms with Gasteiger partial charge in [-0.2, -0.15) is 0 Å². The fourth-order valence-electron chi connectivity index (χ4n) is 2.36. The summed E-state index contributed by atoms with van der Waals surface area (Å²) in [5.41, 5.74) is 5.03. The number of aryl methyl sites for hydroxylation is 1. The third kappa shape index (κ3) is 5.50. The Kier molecular flexibility index (Phi) is 6.29. The Bertz CT molecular complexity index is 880. The van der Waals surface area contributed by atoms with Crippen LogP contribution < -0.4 is 0 Å². The summed E-state index contributed by atoms with van der Waals surface area (Å²) in [6.45, 7) is 2.13. The van der Waals surface area contributed by atoms with Crippen molar-refractivity contribution < 1.29 is 0 Å². The molecule has 0 aliphatic carbocycles. The van der Waals surface area contributed by atoms with E-state index in [2.05, 4.69) is 79.4 Å². The van der Waals surface area contributed by atoms with E-state index in [-0.39, 0.29) is 0 Å². The summed E-state index contributed by atoms with van der Waals surface area (Å²) in [6.07, 6.45) is 2.09. The van der Waals surface area contributed by atoms with Crippen molar-refractivity contribution in [3.8, 4) is 11.8 Å². The van der Waals surface area contributed by atoms with E-state index in [0.29, 0.717) is 15.0 Å². The van der Waals surface area contributed by atoms with Crippen LogP contribution in [0.1, 0.15) is 22.3 Å². The van der Waals surface area contributed by atoms with Gasteiger partial charge in [0.25, 0.3) is 0 Å². The predicted molar refractivity (Wildman–Crippen MR) is 108 cm³/mol. The third-order valence-electron chi connectivity index (χ3n) is 3.77. The molecule has 0 N–H and O–H groups in total. The Balaban J connectivity index is 1.79. The summed E-state index contributed by atoms with van der Waals surface area (Å²) in [4.78, 5) is 0. The first kappa shape index (κ1) is 17.3. The quantitative estimate of drug-likeness (QED) is 0.421. The van der Waals surface area contributed by atoms with Crippen molar-refractivity contribution in [2.75, 3.05) is 0 Å². The molecule has 3 aromatic rings. The van der Waals surface area contributed by atoms with Crippen LogP contribution in [0.5, 0.6) is 0 Å². The maximum atomic E-state index is 3.25. The summed E-state index contributed by atoms with van der Waals surface area (Å²) in [5.74, 6) is 6.48. The second kappa shape index (κ2) is 9.09. The first-order chi connectivity index (χ1) is 12.3. The van der Waals surface area contributed by atoms with Gasteiger partial charge in [0.05, 0.1) is 0 Å². The zero-order valence-electron chi connectivity index (χ0n) is 14.3. The normalized spacial score (nSPS) is 10.8. The van der Waals surface area contributed by atoms with Gasteiger partial charge in [-0.1, -0.05) is 0 Å². The molecule has 3 rings (SSSR count). The number of allylic oxidation sites excluding steroid dienone is 1. The van der Waals surface area contributed by atoms with Gasteiger partial charge in [-0.25, -0.2) is 0 Å². The van der Waals surface area contributed by atoms with Gasteiger partial charge in [-0.15, -0.1) is 0 Å². The number of hydrogen-bond donors (Lipinski definition) is 0. The second-order valence-corrected chi connectivity index (χ2v) is 7.92. The number of hydrogen-bond acceptors (Lipinski definition) is 0. The molecule has 0 radical (unpaired) electrons. The van der Waals surface area contributed by atoms with Crippen LogP contribution in [-0.2, 0) is 5.32 Å². The van der Waals surface area contributed by atoms with Gasteiger partial charge in [0, 0.05) is 0 Å². The van der Waals surface area contributed by atoms with Gasteiger partial charge < -0.3 is 0 Å². The van der Waals surface area contributed by atoms with E-state index >= 15 is 0 Å². The summed E-state index contributed by atoms with van der Waals surface area (Å²) < 4.78 is 1.34. The minimum atomic E-state index is 0.349. The number of benzene rings is 3. The molecule has 0 aromatic heterocycles. The van der Waals surface area contributed by atoms with Crippen molar-refractivity contribution in [1.29, 1.82) is 0 Å². The summed E-state index contributed by atoms with van der Waals surface area (Å²) in [6, 6.07) is 29.6. The first-order valence-electron chi connectivity index (χ1n) is 8.32. The van der Waals surface area contributed by atoms with E-state index in [0.717, 1.165) is 10.9 Å². The van der Waals surface area contributed by atoms with Crippen molar-refractivity contribution >= 4 is 19.4 Å². The molecule has 0 saturated heterocycles. The molecule has 0 aliphatic rings. The van der Waals surface area contributed by atoms with Gasteiger partial charge in [-0.3, -0.25) is 0 Å². The van der Waals surface area contributed by atoms with Crippen LogP contribution in [0.3, 0.4) is 0 Å². The topological polar surface area (TPSA) is 0 Å². The minimum absolute atomic E-state index is 0.349. The SMILES string of the molecule is Cc1ccc(C[Se]/C(=C\C#Cc2ccccc2)c2ccccc2)cc1. The molecule has 0 saturated carbocycles. The van der Waals surface area contributed by atoms with Crippen LogP contribution in [0.25, 0.3) is 4.47 Å². The van der Waals surface area contributed by atoms with E-state index in [1.165, 1.54) is 21.2 Å². The van der Waals surface area contributed by atoms with Crippen molar-refractivity contribution in [3.05, 3.63) is 113 Å². The van der Waals surface area contributed by atoms with Crippen LogP contribution in [0, 0.1) is 18.8 Å². The Morgan fingerprint density at radius 2 is 1.48 bits per heavy atom. The molecular formula is C24H20Se. The van der Waals surface area contributed by atoms with Crippen LogP contribution in [0.4, 0.5) is 0 Å². The van der Waals surface area contributed by atoms with Crippen molar-refractivity contribution in [3.63, 3.8) is 0 Å². The molecular weight excluding hydrogens is 367 g/mol. The second-order valence-electron chi connectivity index (χ2n) is 5.78. The molecule has 25 heavy (non-hydrogen) atoms. The average molecular weight is 387 g/mol. The number of rotatable bonds is 4. The summed E-state index contributed by atoms with van der Waals surface area (Å²) in [5, 5.41) is 1.08. The molecule has 0 spiro atoms. The van der Waals surface area contributed by atoms with Crippen molar-refractivity contribution in [1.82, 2.24) is 0 Å². The van der Waals surface area contributed by atoms with Gasteiger partial charge in [0.2, 0.25) is 0 Å². The van der Waals surface area contributed by atoms with Crippen LogP contribution in [0.15, 0.2) is 91.0 Å². The molecule has 0 bridgehead atoms. The molecule has 1 heteroatoms. The summed E-state index contributed by atoms with van der Waals surface area (Å²) in [7, 11) is 0. The van der Waals surface area contributed by atoms with Crippen LogP contribution in [-0.4, -0.2) is 15.0 Å². The van der Waals surface area contributed by atoms with E-state index in [1.54, 1.807) is 0 Å². The fraction of sp³-hybridized carbons (Fsp3) is 0.0833. The molecule has 122 valence electrons. The van der Waals surface area contributed by atoms with E-state index < -0.39 is 0 Å². The van der Waals surface area contributed by atoms with Crippen molar-refractivity contribution in [2.45, 2.75) is 12.2 Å². The average Bonchev–Trinajstić information content (AvgIpc) is 2.67. The van der Waals surface area contributed by atoms with E-state index in [1.807, 2.05) is 30.3 Å². The van der Waals surface area contributed by atoms with Gasteiger partial charge >= 0.3 is 157 Å².